The first-order valence-corrected chi connectivity index (χ1v) is 9.07. The van der Waals surface area contributed by atoms with Gasteiger partial charge in [-0.3, -0.25) is 4.90 Å². The molecule has 0 N–H and O–H groups in total. The van der Waals surface area contributed by atoms with Crippen LogP contribution in [0.25, 0.3) is 11.5 Å². The second-order valence-corrected chi connectivity index (χ2v) is 6.65. The average molecular weight is 360 g/mol. The van der Waals surface area contributed by atoms with Crippen molar-refractivity contribution >= 4 is 11.5 Å². The summed E-state index contributed by atoms with van der Waals surface area (Å²) in [5.41, 5.74) is 2.11. The molecular weight excluding hydrogens is 340 g/mol. The van der Waals surface area contributed by atoms with E-state index in [4.69, 9.17) is 4.98 Å². The van der Waals surface area contributed by atoms with Crippen molar-refractivity contribution in [3.05, 3.63) is 67.1 Å². The highest BCUT2D eigenvalue weighted by Crippen LogP contribution is 2.17. The summed E-state index contributed by atoms with van der Waals surface area (Å²) in [6, 6.07) is 9.96. The number of rotatable bonds is 4. The summed E-state index contributed by atoms with van der Waals surface area (Å²) in [4.78, 5) is 18.2. The van der Waals surface area contributed by atoms with Crippen LogP contribution in [0.3, 0.4) is 0 Å². The van der Waals surface area contributed by atoms with Crippen molar-refractivity contribution < 1.29 is 0 Å². The minimum Gasteiger partial charge on any atom is -0.354 e. The Morgan fingerprint density at radius 1 is 0.926 bits per heavy atom. The molecule has 1 fully saturated rings. The SMILES string of the molecule is c1ccn2cc(CN3CCN(c4cc(-n5cccn5)ncn4)CC3)nc2c1. The van der Waals surface area contributed by atoms with E-state index in [9.17, 15) is 0 Å². The van der Waals surface area contributed by atoms with Crippen molar-refractivity contribution in [3.63, 3.8) is 0 Å². The van der Waals surface area contributed by atoms with Crippen LogP contribution in [0, 0.1) is 0 Å². The van der Waals surface area contributed by atoms with Crippen LogP contribution in [0.5, 0.6) is 0 Å². The molecule has 27 heavy (non-hydrogen) atoms. The first-order chi connectivity index (χ1) is 13.3. The summed E-state index contributed by atoms with van der Waals surface area (Å²) in [7, 11) is 0. The molecule has 0 atom stereocenters. The highest BCUT2D eigenvalue weighted by atomic mass is 15.3. The second-order valence-electron chi connectivity index (χ2n) is 6.65. The molecule has 8 nitrogen and oxygen atoms in total. The van der Waals surface area contributed by atoms with Gasteiger partial charge in [0.1, 0.15) is 17.8 Å². The van der Waals surface area contributed by atoms with Gasteiger partial charge in [0.2, 0.25) is 0 Å². The van der Waals surface area contributed by atoms with Crippen molar-refractivity contribution in [3.8, 4) is 5.82 Å². The lowest BCUT2D eigenvalue weighted by Crippen LogP contribution is -2.46. The molecule has 0 unspecified atom stereocenters. The quantitative estimate of drug-likeness (QED) is 0.551. The molecule has 0 bridgehead atoms. The van der Waals surface area contributed by atoms with E-state index in [2.05, 4.69) is 35.5 Å². The van der Waals surface area contributed by atoms with Crippen LogP contribution < -0.4 is 4.90 Å². The number of hydrogen-bond acceptors (Lipinski definition) is 6. The van der Waals surface area contributed by atoms with E-state index in [0.717, 1.165) is 55.7 Å². The molecule has 0 saturated carbocycles. The van der Waals surface area contributed by atoms with Gasteiger partial charge < -0.3 is 9.30 Å². The maximum atomic E-state index is 4.70. The number of anilines is 1. The fraction of sp³-hybridized carbons (Fsp3) is 0.263. The zero-order valence-corrected chi connectivity index (χ0v) is 14.9. The number of imidazole rings is 1. The predicted octanol–water partition coefficient (Wildman–Crippen LogP) is 1.63. The van der Waals surface area contributed by atoms with E-state index >= 15 is 0 Å². The van der Waals surface area contributed by atoms with Gasteiger partial charge in [-0.05, 0) is 18.2 Å². The molecule has 0 aromatic carbocycles. The molecule has 4 aromatic rings. The lowest BCUT2D eigenvalue weighted by molar-refractivity contribution is 0.247. The van der Waals surface area contributed by atoms with Crippen LogP contribution in [0.2, 0.25) is 0 Å². The molecule has 0 aliphatic carbocycles. The Kier molecular flexibility index (Phi) is 4.02. The first-order valence-electron chi connectivity index (χ1n) is 9.07. The third kappa shape index (κ3) is 3.26. The largest absolute Gasteiger partial charge is 0.354 e. The highest BCUT2D eigenvalue weighted by Gasteiger charge is 2.19. The molecule has 0 amide bonds. The topological polar surface area (TPSA) is 67.4 Å². The van der Waals surface area contributed by atoms with E-state index in [-0.39, 0.29) is 0 Å². The van der Waals surface area contributed by atoms with E-state index in [1.807, 2.05) is 42.7 Å². The van der Waals surface area contributed by atoms with E-state index in [1.54, 1.807) is 17.2 Å². The number of pyridine rings is 1. The fourth-order valence-corrected chi connectivity index (χ4v) is 3.47. The Hall–Kier alpha value is -3.26. The van der Waals surface area contributed by atoms with Crippen molar-refractivity contribution in [2.24, 2.45) is 0 Å². The lowest BCUT2D eigenvalue weighted by Gasteiger charge is -2.35. The third-order valence-corrected chi connectivity index (χ3v) is 4.87. The number of aromatic nitrogens is 6. The van der Waals surface area contributed by atoms with E-state index < -0.39 is 0 Å². The highest BCUT2D eigenvalue weighted by molar-refractivity contribution is 5.43. The molecule has 4 aromatic heterocycles. The van der Waals surface area contributed by atoms with E-state index in [0.29, 0.717) is 0 Å². The molecule has 136 valence electrons. The molecule has 5 heterocycles. The minimum atomic E-state index is 0.789. The van der Waals surface area contributed by atoms with Crippen LogP contribution >= 0.6 is 0 Å². The number of fused-ring (bicyclic) bond motifs is 1. The Morgan fingerprint density at radius 2 is 1.81 bits per heavy atom. The van der Waals surface area contributed by atoms with Gasteiger partial charge in [-0.2, -0.15) is 5.10 Å². The summed E-state index contributed by atoms with van der Waals surface area (Å²) >= 11 is 0. The van der Waals surface area contributed by atoms with Gasteiger partial charge in [-0.15, -0.1) is 0 Å². The molecule has 1 aliphatic heterocycles. The normalized spacial score (nSPS) is 15.5. The number of hydrogen-bond donors (Lipinski definition) is 0. The van der Waals surface area contributed by atoms with Gasteiger partial charge in [-0.25, -0.2) is 19.6 Å². The Balaban J connectivity index is 1.24. The summed E-state index contributed by atoms with van der Waals surface area (Å²) < 4.78 is 3.83. The Labute approximate surface area is 156 Å². The summed E-state index contributed by atoms with van der Waals surface area (Å²) in [6.45, 7) is 4.70. The second kappa shape index (κ2) is 6.81. The third-order valence-electron chi connectivity index (χ3n) is 4.87. The lowest BCUT2D eigenvalue weighted by atomic mass is 10.3. The average Bonchev–Trinajstić information content (AvgIpc) is 3.38. The van der Waals surface area contributed by atoms with Crippen LogP contribution in [0.15, 0.2) is 61.4 Å². The van der Waals surface area contributed by atoms with Gasteiger partial charge in [0.15, 0.2) is 5.82 Å². The summed E-state index contributed by atoms with van der Waals surface area (Å²) in [6.07, 6.45) is 9.40. The van der Waals surface area contributed by atoms with Gasteiger partial charge in [-0.1, -0.05) is 6.07 Å². The van der Waals surface area contributed by atoms with Crippen LogP contribution in [-0.2, 0) is 6.54 Å². The van der Waals surface area contributed by atoms with Crippen molar-refractivity contribution in [2.45, 2.75) is 6.54 Å². The summed E-state index contributed by atoms with van der Waals surface area (Å²) in [5.74, 6) is 1.74. The first kappa shape index (κ1) is 16.0. The van der Waals surface area contributed by atoms with Crippen molar-refractivity contribution in [1.82, 2.24) is 34.0 Å². The van der Waals surface area contributed by atoms with Crippen molar-refractivity contribution in [2.75, 3.05) is 31.1 Å². The van der Waals surface area contributed by atoms with Crippen LogP contribution in [0.4, 0.5) is 5.82 Å². The Bertz CT molecular complexity index is 998. The molecule has 1 aliphatic rings. The molecule has 1 saturated heterocycles. The maximum Gasteiger partial charge on any atom is 0.158 e. The molecule has 0 spiro atoms. The van der Waals surface area contributed by atoms with Crippen molar-refractivity contribution in [1.29, 1.82) is 0 Å². The van der Waals surface area contributed by atoms with Gasteiger partial charge in [0, 0.05) is 63.6 Å². The fourth-order valence-electron chi connectivity index (χ4n) is 3.47. The zero-order chi connectivity index (χ0) is 18.1. The smallest absolute Gasteiger partial charge is 0.158 e. The number of piperazine rings is 1. The van der Waals surface area contributed by atoms with Gasteiger partial charge in [0.05, 0.1) is 5.69 Å². The molecule has 0 radical (unpaired) electrons. The van der Waals surface area contributed by atoms with Crippen LogP contribution in [0.1, 0.15) is 5.69 Å². The van der Waals surface area contributed by atoms with Crippen LogP contribution in [-0.4, -0.2) is 60.2 Å². The van der Waals surface area contributed by atoms with Gasteiger partial charge >= 0.3 is 0 Å². The monoisotopic (exact) mass is 360 g/mol. The molecule has 8 heteroatoms. The standard InChI is InChI=1S/C19H20N8/c1-2-6-26-14-16(23-17(26)4-1)13-24-8-10-25(11-9-24)18-12-19(21-15-20-18)27-7-3-5-22-27/h1-7,12,14-15H,8-11,13H2. The minimum absolute atomic E-state index is 0.789. The van der Waals surface area contributed by atoms with Gasteiger partial charge in [0.25, 0.3) is 0 Å². The predicted molar refractivity (Wildman–Crippen MR) is 102 cm³/mol. The Morgan fingerprint density at radius 3 is 2.63 bits per heavy atom. The summed E-state index contributed by atoms with van der Waals surface area (Å²) in [5, 5.41) is 4.24. The maximum absolute atomic E-state index is 4.70. The zero-order valence-electron chi connectivity index (χ0n) is 14.9. The number of nitrogens with zero attached hydrogens (tertiary/aromatic N) is 8. The van der Waals surface area contributed by atoms with E-state index in [1.165, 1.54) is 0 Å². The molecular formula is C19H20N8. The molecule has 5 rings (SSSR count).